The molecule has 0 bridgehead atoms. The number of aryl methyl sites for hydroxylation is 2. The largest absolute Gasteiger partial charge is 0.343 e. The lowest BCUT2D eigenvalue weighted by Gasteiger charge is -2.20. The van der Waals surface area contributed by atoms with Gasteiger partial charge in [-0.3, -0.25) is 14.4 Å². The van der Waals surface area contributed by atoms with Crippen molar-refractivity contribution in [2.24, 2.45) is 7.05 Å². The molecule has 0 radical (unpaired) electrons. The van der Waals surface area contributed by atoms with E-state index in [0.717, 1.165) is 24.0 Å². The van der Waals surface area contributed by atoms with Crippen LogP contribution in [0.5, 0.6) is 0 Å². The number of amides is 2. The number of unbranched alkanes of at least 4 members (excludes halogenated alkanes) is 1. The average Bonchev–Trinajstić information content (AvgIpc) is 3.65. The Morgan fingerprint density at radius 3 is 2.52 bits per heavy atom. The van der Waals surface area contributed by atoms with Crippen molar-refractivity contribution in [1.82, 2.24) is 20.2 Å². The molecule has 202 valence electrons. The third kappa shape index (κ3) is 6.29. The average molecular weight is 533 g/mol. The van der Waals surface area contributed by atoms with Gasteiger partial charge in [0.1, 0.15) is 0 Å². The standard InChI is InChI=1S/C33H32N4O3/c1-37-22-21-34-30(37)15-8-20-35-32(40)29(38)14-7-5-11-25-10-4-6-13-28(25)31(39)36-33(18-19-33)27-17-16-24-9-2-3-12-26(24)23-27/h2-4,6,9-10,12-13,16-17,21-23H,5,7,11,14,18-20H2,1H3,(H,35,40)(H,36,39). The third-order valence-electron chi connectivity index (χ3n) is 7.38. The SMILES string of the molecule is Cn1ccnc1C#CCNC(=O)C(=O)CCCCc1ccccc1C(=O)NC1(c2ccc3ccccc3c2)CC1. The first-order chi connectivity index (χ1) is 19.4. The second kappa shape index (κ2) is 12.0. The third-order valence-corrected chi connectivity index (χ3v) is 7.38. The van der Waals surface area contributed by atoms with Crippen molar-refractivity contribution in [3.63, 3.8) is 0 Å². The highest BCUT2D eigenvalue weighted by Crippen LogP contribution is 2.46. The molecular formula is C33H32N4O3. The molecule has 7 heteroatoms. The first-order valence-electron chi connectivity index (χ1n) is 13.6. The monoisotopic (exact) mass is 532 g/mol. The van der Waals surface area contributed by atoms with Crippen LogP contribution in [-0.2, 0) is 28.6 Å². The lowest BCUT2D eigenvalue weighted by molar-refractivity contribution is -0.137. The van der Waals surface area contributed by atoms with Crippen LogP contribution in [0.15, 0.2) is 79.1 Å². The molecular weight excluding hydrogens is 500 g/mol. The highest BCUT2D eigenvalue weighted by atomic mass is 16.2. The summed E-state index contributed by atoms with van der Waals surface area (Å²) in [5.41, 5.74) is 2.41. The van der Waals surface area contributed by atoms with Crippen molar-refractivity contribution >= 4 is 28.4 Å². The van der Waals surface area contributed by atoms with Crippen LogP contribution in [0.25, 0.3) is 10.8 Å². The molecule has 3 aromatic carbocycles. The number of rotatable bonds is 10. The Balaban J connectivity index is 1.11. The highest BCUT2D eigenvalue weighted by molar-refractivity contribution is 6.36. The van der Waals surface area contributed by atoms with Gasteiger partial charge in [0.05, 0.1) is 12.1 Å². The van der Waals surface area contributed by atoms with Crippen LogP contribution in [0.2, 0.25) is 0 Å². The molecule has 1 fully saturated rings. The molecule has 0 atom stereocenters. The summed E-state index contributed by atoms with van der Waals surface area (Å²) < 4.78 is 1.77. The van der Waals surface area contributed by atoms with E-state index in [9.17, 15) is 14.4 Å². The van der Waals surface area contributed by atoms with Crippen LogP contribution >= 0.6 is 0 Å². The van der Waals surface area contributed by atoms with Gasteiger partial charge in [-0.1, -0.05) is 60.5 Å². The van der Waals surface area contributed by atoms with Gasteiger partial charge in [-0.2, -0.15) is 0 Å². The van der Waals surface area contributed by atoms with Crippen LogP contribution in [0.3, 0.4) is 0 Å². The van der Waals surface area contributed by atoms with E-state index in [0.29, 0.717) is 30.7 Å². The normalized spacial score (nSPS) is 13.2. The van der Waals surface area contributed by atoms with Crippen LogP contribution in [0, 0.1) is 11.8 Å². The number of fused-ring (bicyclic) bond motifs is 1. The molecule has 2 amide bonds. The van der Waals surface area contributed by atoms with Gasteiger partial charge in [-0.25, -0.2) is 4.98 Å². The Morgan fingerprint density at radius 1 is 0.975 bits per heavy atom. The summed E-state index contributed by atoms with van der Waals surface area (Å²) >= 11 is 0. The van der Waals surface area contributed by atoms with Crippen LogP contribution < -0.4 is 10.6 Å². The Kier molecular flexibility index (Phi) is 8.07. The second-order valence-corrected chi connectivity index (χ2v) is 10.2. The summed E-state index contributed by atoms with van der Waals surface area (Å²) in [6.07, 6.45) is 7.31. The zero-order valence-corrected chi connectivity index (χ0v) is 22.6. The van der Waals surface area contributed by atoms with E-state index in [1.54, 1.807) is 17.0 Å². The smallest absolute Gasteiger partial charge is 0.288 e. The minimum atomic E-state index is -0.627. The number of carbonyl (C=O) groups excluding carboxylic acids is 3. The zero-order valence-electron chi connectivity index (χ0n) is 22.6. The van der Waals surface area contributed by atoms with Gasteiger partial charge in [-0.05, 0) is 72.1 Å². The minimum absolute atomic E-state index is 0.0802. The van der Waals surface area contributed by atoms with E-state index in [4.69, 9.17) is 0 Å². The summed E-state index contributed by atoms with van der Waals surface area (Å²) in [5.74, 6) is 5.08. The maximum atomic E-state index is 13.4. The molecule has 1 aliphatic carbocycles. The molecule has 0 unspecified atom stereocenters. The van der Waals surface area contributed by atoms with Crippen LogP contribution in [-0.4, -0.2) is 33.7 Å². The fourth-order valence-electron chi connectivity index (χ4n) is 4.89. The number of aromatic nitrogens is 2. The summed E-state index contributed by atoms with van der Waals surface area (Å²) in [7, 11) is 1.83. The topological polar surface area (TPSA) is 93.1 Å². The molecule has 0 aliphatic heterocycles. The van der Waals surface area contributed by atoms with E-state index < -0.39 is 11.7 Å². The Labute approximate surface area is 234 Å². The number of hydrogen-bond acceptors (Lipinski definition) is 4. The number of ketones is 1. The van der Waals surface area contributed by atoms with Crippen molar-refractivity contribution in [3.8, 4) is 11.8 Å². The van der Waals surface area contributed by atoms with Crippen molar-refractivity contribution in [2.45, 2.75) is 44.1 Å². The molecule has 2 N–H and O–H groups in total. The van der Waals surface area contributed by atoms with E-state index >= 15 is 0 Å². The molecule has 40 heavy (non-hydrogen) atoms. The first kappa shape index (κ1) is 26.9. The quantitative estimate of drug-likeness (QED) is 0.179. The van der Waals surface area contributed by atoms with Crippen LogP contribution in [0.1, 0.15) is 59.4 Å². The zero-order chi connectivity index (χ0) is 28.0. The lowest BCUT2D eigenvalue weighted by atomic mass is 9.97. The molecule has 0 spiro atoms. The molecule has 1 aliphatic rings. The number of hydrogen-bond donors (Lipinski definition) is 2. The summed E-state index contributed by atoms with van der Waals surface area (Å²) in [4.78, 5) is 41.8. The number of nitrogens with one attached hydrogen (secondary N) is 2. The van der Waals surface area contributed by atoms with Gasteiger partial charge in [0.2, 0.25) is 5.78 Å². The Hall–Kier alpha value is -4.70. The first-order valence-corrected chi connectivity index (χ1v) is 13.6. The molecule has 5 rings (SSSR count). The number of Topliss-reactive ketones (excluding diaryl/α,β-unsaturated/α-hetero) is 1. The predicted molar refractivity (Wildman–Crippen MR) is 154 cm³/mol. The van der Waals surface area contributed by atoms with Crippen molar-refractivity contribution in [1.29, 1.82) is 0 Å². The number of nitrogens with zero attached hydrogens (tertiary/aromatic N) is 2. The molecule has 1 aromatic heterocycles. The van der Waals surface area contributed by atoms with Crippen molar-refractivity contribution in [3.05, 3.63) is 102 Å². The fourth-order valence-corrected chi connectivity index (χ4v) is 4.89. The Morgan fingerprint density at radius 2 is 1.75 bits per heavy atom. The molecule has 0 saturated heterocycles. The van der Waals surface area contributed by atoms with Crippen molar-refractivity contribution < 1.29 is 14.4 Å². The number of carbonyl (C=O) groups is 3. The minimum Gasteiger partial charge on any atom is -0.343 e. The molecule has 4 aromatic rings. The van der Waals surface area contributed by atoms with Gasteiger partial charge in [0.15, 0.2) is 5.82 Å². The van der Waals surface area contributed by atoms with Gasteiger partial charge in [0, 0.05) is 31.4 Å². The second-order valence-electron chi connectivity index (χ2n) is 10.2. The summed E-state index contributed by atoms with van der Waals surface area (Å²) in [5, 5.41) is 8.20. The van der Waals surface area contributed by atoms with E-state index in [1.165, 1.54) is 10.8 Å². The van der Waals surface area contributed by atoms with E-state index in [1.807, 2.05) is 43.4 Å². The maximum Gasteiger partial charge on any atom is 0.288 e. The van der Waals surface area contributed by atoms with Gasteiger partial charge >= 0.3 is 0 Å². The molecule has 7 nitrogen and oxygen atoms in total. The molecule has 1 saturated carbocycles. The Bertz CT molecular complexity index is 1620. The van der Waals surface area contributed by atoms with Crippen molar-refractivity contribution in [2.75, 3.05) is 6.54 Å². The van der Waals surface area contributed by atoms with Gasteiger partial charge in [0.25, 0.3) is 11.8 Å². The lowest BCUT2D eigenvalue weighted by Crippen LogP contribution is -2.35. The highest BCUT2D eigenvalue weighted by Gasteiger charge is 2.46. The molecule has 1 heterocycles. The maximum absolute atomic E-state index is 13.4. The van der Waals surface area contributed by atoms with E-state index in [-0.39, 0.29) is 24.4 Å². The van der Waals surface area contributed by atoms with Gasteiger partial charge in [-0.15, -0.1) is 0 Å². The fraction of sp³-hybridized carbons (Fsp3) is 0.273. The summed E-state index contributed by atoms with van der Waals surface area (Å²) in [6.45, 7) is 0.0839. The number of imidazole rings is 1. The summed E-state index contributed by atoms with van der Waals surface area (Å²) in [6, 6.07) is 22.3. The van der Waals surface area contributed by atoms with Crippen LogP contribution in [0.4, 0.5) is 0 Å². The van der Waals surface area contributed by atoms with E-state index in [2.05, 4.69) is 57.8 Å². The number of benzene rings is 3. The predicted octanol–water partition coefficient (Wildman–Crippen LogP) is 4.44. The van der Waals surface area contributed by atoms with Gasteiger partial charge < -0.3 is 15.2 Å².